The number of allylic oxidation sites excluding steroid dienone is 1. The summed E-state index contributed by atoms with van der Waals surface area (Å²) >= 11 is 0. The molecule has 1 saturated heterocycles. The van der Waals surface area contributed by atoms with Gasteiger partial charge in [-0.25, -0.2) is 0 Å². The van der Waals surface area contributed by atoms with Gasteiger partial charge < -0.3 is 10.6 Å². The van der Waals surface area contributed by atoms with Gasteiger partial charge in [0.15, 0.2) is 0 Å². The third-order valence-electron chi connectivity index (χ3n) is 3.34. The van der Waals surface area contributed by atoms with E-state index in [0.29, 0.717) is 30.0 Å². The van der Waals surface area contributed by atoms with Crippen molar-refractivity contribution in [2.24, 2.45) is 0 Å². The Morgan fingerprint density at radius 2 is 2.25 bits per heavy atom. The number of hydrogen-bond donors (Lipinski definition) is 2. The van der Waals surface area contributed by atoms with Gasteiger partial charge >= 0.3 is 0 Å². The molecule has 2 rings (SSSR count). The zero-order valence-electron chi connectivity index (χ0n) is 11.8. The minimum Gasteiger partial charge on any atom is -0.340 e. The van der Waals surface area contributed by atoms with Gasteiger partial charge in [-0.3, -0.25) is 14.6 Å². The van der Waals surface area contributed by atoms with Gasteiger partial charge in [-0.05, 0) is 30.4 Å². The molecule has 0 aliphatic carbocycles. The van der Waals surface area contributed by atoms with E-state index in [1.807, 2.05) is 19.9 Å². The van der Waals surface area contributed by atoms with E-state index in [0.717, 1.165) is 5.56 Å². The van der Waals surface area contributed by atoms with Crippen LogP contribution in [0.3, 0.4) is 0 Å². The quantitative estimate of drug-likeness (QED) is 0.881. The van der Waals surface area contributed by atoms with E-state index >= 15 is 0 Å². The first kappa shape index (κ1) is 14.2. The van der Waals surface area contributed by atoms with Gasteiger partial charge in [-0.15, -0.1) is 0 Å². The molecule has 0 aromatic carbocycles. The number of rotatable bonds is 3. The van der Waals surface area contributed by atoms with E-state index in [1.54, 1.807) is 6.20 Å². The summed E-state index contributed by atoms with van der Waals surface area (Å²) in [6, 6.07) is 1.31. The fourth-order valence-corrected chi connectivity index (χ4v) is 2.05. The largest absolute Gasteiger partial charge is 0.340 e. The molecule has 5 heteroatoms. The van der Waals surface area contributed by atoms with Crippen LogP contribution in [0, 0.1) is 0 Å². The second-order valence-corrected chi connectivity index (χ2v) is 5.32. The number of piperidine rings is 1. The lowest BCUT2D eigenvalue weighted by atomic mass is 10.0. The average Bonchev–Trinajstić information content (AvgIpc) is 2.42. The van der Waals surface area contributed by atoms with Crippen LogP contribution in [-0.4, -0.2) is 22.8 Å². The predicted octanol–water partition coefficient (Wildman–Crippen LogP) is 1.73. The van der Waals surface area contributed by atoms with E-state index in [4.69, 9.17) is 0 Å². The fraction of sp³-hybridized carbons (Fsp3) is 0.400. The Bertz CT molecular complexity index is 552. The van der Waals surface area contributed by atoms with Crippen LogP contribution >= 0.6 is 0 Å². The highest BCUT2D eigenvalue weighted by molar-refractivity contribution is 5.97. The zero-order valence-corrected chi connectivity index (χ0v) is 11.8. The molecule has 1 aliphatic rings. The van der Waals surface area contributed by atoms with Crippen molar-refractivity contribution in [2.75, 3.05) is 0 Å². The van der Waals surface area contributed by atoms with E-state index < -0.39 is 6.04 Å². The van der Waals surface area contributed by atoms with Gasteiger partial charge in [0.25, 0.3) is 5.91 Å². The number of amides is 2. The molecule has 2 N–H and O–H groups in total. The van der Waals surface area contributed by atoms with Crippen LogP contribution in [0.2, 0.25) is 0 Å². The molecule has 106 valence electrons. The number of carbonyl (C=O) groups excluding carboxylic acids is 2. The molecule has 2 heterocycles. The third-order valence-corrected chi connectivity index (χ3v) is 3.34. The van der Waals surface area contributed by atoms with Crippen LogP contribution in [-0.2, 0) is 4.79 Å². The maximum Gasteiger partial charge on any atom is 0.253 e. The molecule has 0 bridgehead atoms. The lowest BCUT2D eigenvalue weighted by Crippen LogP contribution is -2.49. The summed E-state index contributed by atoms with van der Waals surface area (Å²) in [5.74, 6) is -0.174. The van der Waals surface area contributed by atoms with E-state index in [-0.39, 0.29) is 11.8 Å². The topological polar surface area (TPSA) is 71.1 Å². The van der Waals surface area contributed by atoms with Crippen molar-refractivity contribution in [3.05, 3.63) is 41.9 Å². The Hall–Kier alpha value is -2.17. The summed E-state index contributed by atoms with van der Waals surface area (Å²) in [5, 5.41) is 5.39. The Labute approximate surface area is 118 Å². The Morgan fingerprint density at radius 1 is 1.50 bits per heavy atom. The van der Waals surface area contributed by atoms with Crippen LogP contribution in [0.1, 0.15) is 48.5 Å². The molecule has 1 aromatic rings. The van der Waals surface area contributed by atoms with E-state index in [9.17, 15) is 9.59 Å². The second-order valence-electron chi connectivity index (χ2n) is 5.32. The molecule has 1 fully saturated rings. The van der Waals surface area contributed by atoms with Gasteiger partial charge in [0, 0.05) is 18.1 Å². The highest BCUT2D eigenvalue weighted by Crippen LogP contribution is 2.15. The number of aromatic nitrogens is 1. The van der Waals surface area contributed by atoms with Crippen LogP contribution in [0.4, 0.5) is 0 Å². The number of hydrogen-bond acceptors (Lipinski definition) is 3. The minimum atomic E-state index is -0.504. The van der Waals surface area contributed by atoms with Crippen molar-refractivity contribution in [3.63, 3.8) is 0 Å². The maximum atomic E-state index is 12.2. The first-order valence-corrected chi connectivity index (χ1v) is 6.72. The smallest absolute Gasteiger partial charge is 0.253 e. The Balaban J connectivity index is 2.06. The molecule has 0 saturated carbocycles. The molecule has 1 unspecified atom stereocenters. The summed E-state index contributed by atoms with van der Waals surface area (Å²) in [5.41, 5.74) is 2.18. The van der Waals surface area contributed by atoms with Crippen molar-refractivity contribution >= 4 is 11.8 Å². The zero-order chi connectivity index (χ0) is 14.7. The normalized spacial score (nSPS) is 18.9. The molecule has 1 aliphatic heterocycles. The maximum absolute atomic E-state index is 12.2. The van der Waals surface area contributed by atoms with Crippen molar-refractivity contribution in [1.29, 1.82) is 0 Å². The van der Waals surface area contributed by atoms with Gasteiger partial charge in [0.05, 0.1) is 5.56 Å². The van der Waals surface area contributed by atoms with Crippen LogP contribution in [0.25, 0.3) is 0 Å². The first-order chi connectivity index (χ1) is 9.47. The van der Waals surface area contributed by atoms with E-state index in [2.05, 4.69) is 22.2 Å². The van der Waals surface area contributed by atoms with Crippen molar-refractivity contribution in [1.82, 2.24) is 15.6 Å². The Morgan fingerprint density at radius 3 is 2.90 bits per heavy atom. The molecule has 5 nitrogen and oxygen atoms in total. The monoisotopic (exact) mass is 273 g/mol. The van der Waals surface area contributed by atoms with Gasteiger partial charge in [-0.1, -0.05) is 20.4 Å². The summed E-state index contributed by atoms with van der Waals surface area (Å²) in [4.78, 5) is 28.0. The van der Waals surface area contributed by atoms with Crippen molar-refractivity contribution < 1.29 is 9.59 Å². The number of nitrogens with zero attached hydrogens (tertiary/aromatic N) is 1. The second kappa shape index (κ2) is 5.86. The fourth-order valence-electron chi connectivity index (χ4n) is 2.05. The van der Waals surface area contributed by atoms with Gasteiger partial charge in [-0.2, -0.15) is 0 Å². The standard InChI is InChI=1S/C15H19N3O2/c1-9(2)11-6-12(8-16-7-11)14(19)18-13-5-4-10(3)17-15(13)20/h6-9,13H,3-5H2,1-2H3,(H,17,20)(H,18,19). The lowest BCUT2D eigenvalue weighted by Gasteiger charge is -2.24. The van der Waals surface area contributed by atoms with Gasteiger partial charge in [0.1, 0.15) is 6.04 Å². The van der Waals surface area contributed by atoms with Crippen molar-refractivity contribution in [2.45, 2.75) is 38.6 Å². The average molecular weight is 273 g/mol. The minimum absolute atomic E-state index is 0.206. The highest BCUT2D eigenvalue weighted by atomic mass is 16.2. The van der Waals surface area contributed by atoms with Crippen LogP contribution in [0.5, 0.6) is 0 Å². The van der Waals surface area contributed by atoms with Crippen molar-refractivity contribution in [3.8, 4) is 0 Å². The molecule has 1 aromatic heterocycles. The summed E-state index contributed by atoms with van der Waals surface area (Å²) < 4.78 is 0. The molecule has 0 spiro atoms. The SMILES string of the molecule is C=C1CCC(NC(=O)c2cncc(C(C)C)c2)C(=O)N1. The number of pyridine rings is 1. The predicted molar refractivity (Wildman–Crippen MR) is 76.1 cm³/mol. The molecular weight excluding hydrogens is 254 g/mol. The summed E-state index contributed by atoms with van der Waals surface area (Å²) in [6.45, 7) is 7.79. The van der Waals surface area contributed by atoms with Crippen LogP contribution in [0.15, 0.2) is 30.7 Å². The lowest BCUT2D eigenvalue weighted by molar-refractivity contribution is -0.123. The third kappa shape index (κ3) is 3.23. The molecular formula is C15H19N3O2. The highest BCUT2D eigenvalue weighted by Gasteiger charge is 2.25. The molecule has 0 radical (unpaired) electrons. The summed E-state index contributed by atoms with van der Waals surface area (Å²) in [6.07, 6.45) is 4.52. The summed E-state index contributed by atoms with van der Waals surface area (Å²) in [7, 11) is 0. The molecule has 1 atom stereocenters. The molecule has 20 heavy (non-hydrogen) atoms. The number of nitrogens with one attached hydrogen (secondary N) is 2. The Kier molecular flexibility index (Phi) is 4.17. The number of carbonyl (C=O) groups is 2. The van der Waals surface area contributed by atoms with Crippen LogP contribution < -0.4 is 10.6 Å². The molecule has 2 amide bonds. The van der Waals surface area contributed by atoms with E-state index in [1.165, 1.54) is 6.20 Å². The van der Waals surface area contributed by atoms with Gasteiger partial charge in [0.2, 0.25) is 5.91 Å². The first-order valence-electron chi connectivity index (χ1n) is 6.72.